The van der Waals surface area contributed by atoms with E-state index in [9.17, 15) is 0 Å². The summed E-state index contributed by atoms with van der Waals surface area (Å²) in [6, 6.07) is 11.5. The molecular weight excluding hydrogens is 132 g/mol. The number of hydrogen-bond donors (Lipinski definition) is 0. The molecule has 0 N–H and O–H groups in total. The van der Waals surface area contributed by atoms with Crippen molar-refractivity contribution in [3.8, 4) is 0 Å². The van der Waals surface area contributed by atoms with Gasteiger partial charge in [-0.15, -0.1) is 0 Å². The van der Waals surface area contributed by atoms with Crippen molar-refractivity contribution >= 4 is 0 Å². The number of rotatable bonds is 3. The lowest BCUT2D eigenvalue weighted by Gasteiger charge is -2.08. The van der Waals surface area contributed by atoms with Crippen LogP contribution in [0.3, 0.4) is 0 Å². The maximum Gasteiger partial charge on any atom is -0.0146 e. The Bertz CT molecular complexity index is 188. The molecule has 0 spiro atoms. The van der Waals surface area contributed by atoms with Crippen LogP contribution in [0.25, 0.3) is 0 Å². The normalized spacial score (nSPS) is 12.9. The Balaban J connectivity index is 2.61. The average molecular weight is 147 g/mol. The molecule has 0 aromatic heterocycles. The molecule has 0 nitrogen and oxygen atoms in total. The Kier molecular flexibility index (Phi) is 3.15. The van der Waals surface area contributed by atoms with Crippen molar-refractivity contribution in [1.29, 1.82) is 0 Å². The first-order chi connectivity index (χ1) is 5.34. The number of benzene rings is 1. The fraction of sp³-hybridized carbons (Fsp3) is 0.455. The van der Waals surface area contributed by atoms with Gasteiger partial charge in [-0.3, -0.25) is 0 Å². The Morgan fingerprint density at radius 1 is 1.45 bits per heavy atom. The van der Waals surface area contributed by atoms with E-state index in [2.05, 4.69) is 32.0 Å². The Morgan fingerprint density at radius 2 is 2.27 bits per heavy atom. The van der Waals surface area contributed by atoms with Gasteiger partial charge in [0.1, 0.15) is 0 Å². The van der Waals surface area contributed by atoms with Gasteiger partial charge in [0.25, 0.3) is 0 Å². The van der Waals surface area contributed by atoms with E-state index in [0.717, 1.165) is 0 Å². The minimum Gasteiger partial charge on any atom is -0.0654 e. The topological polar surface area (TPSA) is 0 Å². The Hall–Kier alpha value is -0.780. The molecule has 1 aromatic carbocycles. The molecule has 1 unspecified atom stereocenters. The second-order valence-electron chi connectivity index (χ2n) is 3.01. The van der Waals surface area contributed by atoms with Crippen LogP contribution in [0.4, 0.5) is 0 Å². The van der Waals surface area contributed by atoms with Gasteiger partial charge in [0, 0.05) is 0 Å². The van der Waals surface area contributed by atoms with Gasteiger partial charge in [-0.1, -0.05) is 44.5 Å². The van der Waals surface area contributed by atoms with Gasteiger partial charge in [-0.2, -0.15) is 0 Å². The molecule has 1 aromatic rings. The summed E-state index contributed by atoms with van der Waals surface area (Å²) in [6.45, 7) is 4.48. The third kappa shape index (κ3) is 2.38. The molecule has 59 valence electrons. The van der Waals surface area contributed by atoms with E-state index in [1.807, 2.05) is 12.1 Å². The van der Waals surface area contributed by atoms with E-state index in [0.29, 0.717) is 5.92 Å². The second kappa shape index (κ2) is 4.17. The zero-order valence-electron chi connectivity index (χ0n) is 7.30. The van der Waals surface area contributed by atoms with Crippen LogP contribution in [0.1, 0.15) is 38.2 Å². The molecule has 0 heteroatoms. The Labute approximate surface area is 69.3 Å². The lowest BCUT2D eigenvalue weighted by molar-refractivity contribution is 0.664. The van der Waals surface area contributed by atoms with Crippen molar-refractivity contribution in [1.82, 2.24) is 0 Å². The molecule has 1 rings (SSSR count). The SMILES string of the molecule is CCCC(C)c1[c]cccc1. The summed E-state index contributed by atoms with van der Waals surface area (Å²) in [4.78, 5) is 0. The molecular formula is C11H15. The first kappa shape index (κ1) is 8.32. The molecule has 0 saturated heterocycles. The monoisotopic (exact) mass is 147 g/mol. The van der Waals surface area contributed by atoms with Crippen LogP contribution in [0.2, 0.25) is 0 Å². The third-order valence-electron chi connectivity index (χ3n) is 1.99. The summed E-state index contributed by atoms with van der Waals surface area (Å²) in [7, 11) is 0. The Morgan fingerprint density at radius 3 is 2.82 bits per heavy atom. The average Bonchev–Trinajstić information content (AvgIpc) is 2.07. The third-order valence-corrected chi connectivity index (χ3v) is 1.99. The minimum absolute atomic E-state index is 0.668. The highest BCUT2D eigenvalue weighted by Gasteiger charge is 2.01. The summed E-state index contributed by atoms with van der Waals surface area (Å²) in [6.07, 6.45) is 2.52. The van der Waals surface area contributed by atoms with Crippen LogP contribution in [0, 0.1) is 6.07 Å². The van der Waals surface area contributed by atoms with Crippen LogP contribution in [-0.2, 0) is 0 Å². The van der Waals surface area contributed by atoms with Gasteiger partial charge in [0.2, 0.25) is 0 Å². The zero-order chi connectivity index (χ0) is 8.10. The van der Waals surface area contributed by atoms with Gasteiger partial charge in [-0.05, 0) is 24.0 Å². The minimum atomic E-state index is 0.668. The smallest absolute Gasteiger partial charge is 0.0146 e. The van der Waals surface area contributed by atoms with Crippen LogP contribution in [0.15, 0.2) is 24.3 Å². The molecule has 0 amide bonds. The van der Waals surface area contributed by atoms with Crippen molar-refractivity contribution in [3.63, 3.8) is 0 Å². The fourth-order valence-electron chi connectivity index (χ4n) is 1.30. The van der Waals surface area contributed by atoms with E-state index >= 15 is 0 Å². The van der Waals surface area contributed by atoms with Gasteiger partial charge in [0.15, 0.2) is 0 Å². The summed E-state index contributed by atoms with van der Waals surface area (Å²) in [5.74, 6) is 0.668. The van der Waals surface area contributed by atoms with E-state index in [4.69, 9.17) is 0 Å². The highest BCUT2D eigenvalue weighted by molar-refractivity contribution is 5.16. The van der Waals surface area contributed by atoms with Crippen molar-refractivity contribution in [2.45, 2.75) is 32.6 Å². The first-order valence-corrected chi connectivity index (χ1v) is 4.31. The maximum absolute atomic E-state index is 3.25. The molecule has 0 heterocycles. The van der Waals surface area contributed by atoms with E-state index < -0.39 is 0 Å². The summed E-state index contributed by atoms with van der Waals surface area (Å²) in [5, 5.41) is 0. The van der Waals surface area contributed by atoms with Crippen molar-refractivity contribution in [2.24, 2.45) is 0 Å². The predicted octanol–water partition coefficient (Wildman–Crippen LogP) is 3.39. The highest BCUT2D eigenvalue weighted by atomic mass is 14.1. The molecule has 1 atom stereocenters. The quantitative estimate of drug-likeness (QED) is 0.614. The molecule has 0 aliphatic carbocycles. The van der Waals surface area contributed by atoms with E-state index in [-0.39, 0.29) is 0 Å². The van der Waals surface area contributed by atoms with E-state index in [1.165, 1.54) is 18.4 Å². The van der Waals surface area contributed by atoms with Crippen LogP contribution in [0.5, 0.6) is 0 Å². The van der Waals surface area contributed by atoms with E-state index in [1.54, 1.807) is 0 Å². The summed E-state index contributed by atoms with van der Waals surface area (Å²) >= 11 is 0. The van der Waals surface area contributed by atoms with Gasteiger partial charge >= 0.3 is 0 Å². The van der Waals surface area contributed by atoms with Gasteiger partial charge < -0.3 is 0 Å². The van der Waals surface area contributed by atoms with Crippen LogP contribution in [-0.4, -0.2) is 0 Å². The highest BCUT2D eigenvalue weighted by Crippen LogP contribution is 2.18. The summed E-state index contributed by atoms with van der Waals surface area (Å²) < 4.78 is 0. The van der Waals surface area contributed by atoms with Crippen molar-refractivity contribution < 1.29 is 0 Å². The molecule has 11 heavy (non-hydrogen) atoms. The van der Waals surface area contributed by atoms with Gasteiger partial charge in [0.05, 0.1) is 0 Å². The standard InChI is InChI=1S/C11H15/c1-3-7-10(2)11-8-5-4-6-9-11/h4-6,8,10H,3,7H2,1-2H3. The second-order valence-corrected chi connectivity index (χ2v) is 3.01. The largest absolute Gasteiger partial charge is 0.0654 e. The first-order valence-electron chi connectivity index (χ1n) is 4.31. The maximum atomic E-state index is 3.25. The molecule has 0 saturated carbocycles. The van der Waals surface area contributed by atoms with Crippen LogP contribution < -0.4 is 0 Å². The lowest BCUT2D eigenvalue weighted by Crippen LogP contribution is -1.91. The predicted molar refractivity (Wildman–Crippen MR) is 48.6 cm³/mol. The molecule has 0 fully saturated rings. The number of hydrogen-bond acceptors (Lipinski definition) is 0. The lowest BCUT2D eigenvalue weighted by atomic mass is 9.97. The van der Waals surface area contributed by atoms with Gasteiger partial charge in [-0.25, -0.2) is 0 Å². The summed E-state index contributed by atoms with van der Waals surface area (Å²) in [5.41, 5.74) is 1.34. The zero-order valence-corrected chi connectivity index (χ0v) is 7.30. The molecule has 0 bridgehead atoms. The molecule has 1 radical (unpaired) electrons. The fourth-order valence-corrected chi connectivity index (χ4v) is 1.30. The van der Waals surface area contributed by atoms with Crippen LogP contribution >= 0.6 is 0 Å². The van der Waals surface area contributed by atoms with Crippen molar-refractivity contribution in [2.75, 3.05) is 0 Å². The molecule has 0 aliphatic rings. The molecule has 0 aliphatic heterocycles. The van der Waals surface area contributed by atoms with Crippen molar-refractivity contribution in [3.05, 3.63) is 35.9 Å².